The Bertz CT molecular complexity index is 800. The van der Waals surface area contributed by atoms with Gasteiger partial charge in [-0.05, 0) is 19.1 Å². The Kier molecular flexibility index (Phi) is 4.78. The number of aromatic nitrogens is 2. The number of non-ortho nitro benzene ring substituents is 1. The summed E-state index contributed by atoms with van der Waals surface area (Å²) < 4.78 is 6.10. The monoisotopic (exact) mass is 334 g/mol. The van der Waals surface area contributed by atoms with Gasteiger partial charge in [0.1, 0.15) is 17.5 Å². The van der Waals surface area contributed by atoms with Gasteiger partial charge in [-0.2, -0.15) is 5.10 Å². The van der Waals surface area contributed by atoms with Crippen molar-refractivity contribution in [3.63, 3.8) is 0 Å². The van der Waals surface area contributed by atoms with Crippen molar-refractivity contribution in [3.8, 4) is 5.75 Å². The van der Waals surface area contributed by atoms with E-state index in [4.69, 9.17) is 9.84 Å². The Hall–Kier alpha value is -3.43. The van der Waals surface area contributed by atoms with Gasteiger partial charge in [-0.25, -0.2) is 9.48 Å². The van der Waals surface area contributed by atoms with Crippen LogP contribution in [0.25, 0.3) is 0 Å². The molecular weight excluding hydrogens is 320 g/mol. The van der Waals surface area contributed by atoms with E-state index in [-0.39, 0.29) is 22.8 Å². The minimum absolute atomic E-state index is 0.115. The second kappa shape index (κ2) is 6.77. The van der Waals surface area contributed by atoms with Gasteiger partial charge < -0.3 is 15.2 Å². The van der Waals surface area contributed by atoms with Gasteiger partial charge in [-0.3, -0.25) is 14.9 Å². The zero-order chi connectivity index (χ0) is 17.9. The molecule has 2 aromatic rings. The summed E-state index contributed by atoms with van der Waals surface area (Å²) in [7, 11) is 1.31. The molecule has 1 heterocycles. The number of carbonyl (C=O) groups is 2. The second-order valence-corrected chi connectivity index (χ2v) is 4.77. The van der Waals surface area contributed by atoms with Crippen molar-refractivity contribution < 1.29 is 24.4 Å². The van der Waals surface area contributed by atoms with Gasteiger partial charge in [0.15, 0.2) is 0 Å². The summed E-state index contributed by atoms with van der Waals surface area (Å²) in [6, 6.07) is 4.10. The highest BCUT2D eigenvalue weighted by molar-refractivity contribution is 5.96. The lowest BCUT2D eigenvalue weighted by molar-refractivity contribution is -0.384. The van der Waals surface area contributed by atoms with Crippen LogP contribution >= 0.6 is 0 Å². The lowest BCUT2D eigenvalue weighted by atomic mass is 10.2. The molecule has 0 radical (unpaired) electrons. The van der Waals surface area contributed by atoms with Crippen LogP contribution in [0.1, 0.15) is 23.5 Å². The van der Waals surface area contributed by atoms with E-state index < -0.39 is 22.8 Å². The molecule has 10 nitrogen and oxygen atoms in total. The molecule has 0 spiro atoms. The summed E-state index contributed by atoms with van der Waals surface area (Å²) in [4.78, 5) is 33.6. The third kappa shape index (κ3) is 3.32. The maximum atomic E-state index is 12.3. The smallest absolute Gasteiger partial charge is 0.354 e. The largest absolute Gasteiger partial charge is 0.494 e. The molecule has 0 saturated carbocycles. The van der Waals surface area contributed by atoms with Gasteiger partial charge in [0.05, 0.1) is 23.8 Å². The highest BCUT2D eigenvalue weighted by Crippen LogP contribution is 2.29. The number of ether oxygens (including phenoxy) is 1. The molecule has 0 fully saturated rings. The quantitative estimate of drug-likeness (QED) is 0.606. The number of carboxylic acid groups (broad SMARTS) is 1. The summed E-state index contributed by atoms with van der Waals surface area (Å²) in [5.74, 6) is -1.64. The van der Waals surface area contributed by atoms with E-state index in [0.29, 0.717) is 0 Å². The summed E-state index contributed by atoms with van der Waals surface area (Å²) in [6.07, 6.45) is 1.28. The number of nitrogens with one attached hydrogen (secondary N) is 1. The molecule has 1 aromatic heterocycles. The Morgan fingerprint density at radius 3 is 2.71 bits per heavy atom. The van der Waals surface area contributed by atoms with Crippen LogP contribution in [-0.2, 0) is 4.79 Å². The number of rotatable bonds is 6. The maximum Gasteiger partial charge on any atom is 0.354 e. The van der Waals surface area contributed by atoms with Crippen molar-refractivity contribution >= 4 is 23.3 Å². The topological polar surface area (TPSA) is 137 Å². The van der Waals surface area contributed by atoms with E-state index in [1.165, 1.54) is 44.5 Å². The van der Waals surface area contributed by atoms with Crippen LogP contribution in [0.5, 0.6) is 5.75 Å². The average Bonchev–Trinajstić information content (AvgIpc) is 3.03. The van der Waals surface area contributed by atoms with E-state index in [1.54, 1.807) is 0 Å². The minimum Gasteiger partial charge on any atom is -0.494 e. The molecule has 2 N–H and O–H groups in total. The molecule has 0 aliphatic rings. The van der Waals surface area contributed by atoms with Crippen molar-refractivity contribution in [1.82, 2.24) is 9.78 Å². The normalized spacial score (nSPS) is 11.6. The summed E-state index contributed by atoms with van der Waals surface area (Å²) in [6.45, 7) is 1.48. The zero-order valence-corrected chi connectivity index (χ0v) is 12.8. The molecule has 0 aliphatic carbocycles. The number of aromatic carboxylic acids is 1. The maximum absolute atomic E-state index is 12.3. The highest BCUT2D eigenvalue weighted by atomic mass is 16.6. The lowest BCUT2D eigenvalue weighted by Gasteiger charge is -2.15. The predicted octanol–water partition coefficient (Wildman–Crippen LogP) is 1.70. The standard InChI is InChI=1S/C14H14N4O6/c1-8(17-11(14(20)21)5-6-15-17)13(19)16-10-4-3-9(18(22)23)7-12(10)24-2/h3-8H,1-2H3,(H,16,19)(H,20,21). The van der Waals surface area contributed by atoms with Crippen LogP contribution in [-0.4, -0.2) is 38.8 Å². The first-order chi connectivity index (χ1) is 11.3. The summed E-state index contributed by atoms with van der Waals surface area (Å²) >= 11 is 0. The van der Waals surface area contributed by atoms with Crippen LogP contribution in [0.3, 0.4) is 0 Å². The average molecular weight is 334 g/mol. The molecule has 1 unspecified atom stereocenters. The van der Waals surface area contributed by atoms with Crippen LogP contribution in [0, 0.1) is 10.1 Å². The minimum atomic E-state index is -1.21. The lowest BCUT2D eigenvalue weighted by Crippen LogP contribution is -2.27. The van der Waals surface area contributed by atoms with Crippen molar-refractivity contribution in [1.29, 1.82) is 0 Å². The van der Waals surface area contributed by atoms with Crippen molar-refractivity contribution in [2.45, 2.75) is 13.0 Å². The van der Waals surface area contributed by atoms with Gasteiger partial charge in [0.2, 0.25) is 5.91 Å². The van der Waals surface area contributed by atoms with E-state index in [0.717, 1.165) is 4.68 Å². The van der Waals surface area contributed by atoms with Crippen LogP contribution in [0.2, 0.25) is 0 Å². The highest BCUT2D eigenvalue weighted by Gasteiger charge is 2.22. The second-order valence-electron chi connectivity index (χ2n) is 4.77. The third-order valence-electron chi connectivity index (χ3n) is 3.29. The predicted molar refractivity (Wildman–Crippen MR) is 82.2 cm³/mol. The Balaban J connectivity index is 2.24. The number of hydrogen-bond acceptors (Lipinski definition) is 6. The number of nitrogens with zero attached hydrogens (tertiary/aromatic N) is 3. The summed E-state index contributed by atoms with van der Waals surface area (Å²) in [5, 5.41) is 26.2. The zero-order valence-electron chi connectivity index (χ0n) is 12.8. The molecule has 24 heavy (non-hydrogen) atoms. The Morgan fingerprint density at radius 1 is 1.42 bits per heavy atom. The number of methoxy groups -OCH3 is 1. The molecule has 0 aliphatic heterocycles. The van der Waals surface area contributed by atoms with Gasteiger partial charge in [0.25, 0.3) is 5.69 Å². The molecule has 10 heteroatoms. The molecule has 2 rings (SSSR count). The Labute approximate surface area is 135 Å². The first-order valence-corrected chi connectivity index (χ1v) is 6.75. The van der Waals surface area contributed by atoms with Crippen molar-refractivity contribution in [2.24, 2.45) is 0 Å². The van der Waals surface area contributed by atoms with Gasteiger partial charge in [-0.1, -0.05) is 0 Å². The fourth-order valence-corrected chi connectivity index (χ4v) is 2.04. The number of carboxylic acids is 1. The number of carbonyl (C=O) groups excluding carboxylic acids is 1. The molecule has 1 atom stereocenters. The summed E-state index contributed by atoms with van der Waals surface area (Å²) in [5.41, 5.74) is -0.0876. The molecule has 0 saturated heterocycles. The van der Waals surface area contributed by atoms with Crippen LogP contribution in [0.15, 0.2) is 30.5 Å². The number of benzene rings is 1. The molecular formula is C14H14N4O6. The van der Waals surface area contributed by atoms with Gasteiger partial charge in [-0.15, -0.1) is 0 Å². The first kappa shape index (κ1) is 16.9. The van der Waals surface area contributed by atoms with E-state index >= 15 is 0 Å². The van der Waals surface area contributed by atoms with Crippen LogP contribution < -0.4 is 10.1 Å². The number of anilines is 1. The number of amides is 1. The van der Waals surface area contributed by atoms with E-state index in [9.17, 15) is 19.7 Å². The number of nitro groups is 1. The molecule has 126 valence electrons. The van der Waals surface area contributed by atoms with Crippen molar-refractivity contribution in [3.05, 3.63) is 46.3 Å². The molecule has 1 amide bonds. The fourth-order valence-electron chi connectivity index (χ4n) is 2.04. The third-order valence-corrected chi connectivity index (χ3v) is 3.29. The van der Waals surface area contributed by atoms with E-state index in [1.807, 2.05) is 0 Å². The number of nitro benzene ring substituents is 1. The van der Waals surface area contributed by atoms with E-state index in [2.05, 4.69) is 10.4 Å². The van der Waals surface area contributed by atoms with Crippen molar-refractivity contribution in [2.75, 3.05) is 12.4 Å². The Morgan fingerprint density at radius 2 is 2.12 bits per heavy atom. The molecule has 1 aromatic carbocycles. The van der Waals surface area contributed by atoms with Crippen LogP contribution in [0.4, 0.5) is 11.4 Å². The first-order valence-electron chi connectivity index (χ1n) is 6.75. The SMILES string of the molecule is COc1cc([N+](=O)[O-])ccc1NC(=O)C(C)n1nccc1C(=O)O. The molecule has 0 bridgehead atoms. The number of hydrogen-bond donors (Lipinski definition) is 2. The van der Waals surface area contributed by atoms with Gasteiger partial charge >= 0.3 is 5.97 Å². The fraction of sp³-hybridized carbons (Fsp3) is 0.214. The van der Waals surface area contributed by atoms with Gasteiger partial charge in [0, 0.05) is 12.3 Å².